The van der Waals surface area contributed by atoms with E-state index in [9.17, 15) is 24.3 Å². The minimum atomic E-state index is -1.54. The summed E-state index contributed by atoms with van der Waals surface area (Å²) in [7, 11) is 1.25. The number of carbonyl (C=O) groups is 3. The van der Waals surface area contributed by atoms with Crippen molar-refractivity contribution in [3.05, 3.63) is 50.0 Å². The Hall–Kier alpha value is -2.30. The zero-order chi connectivity index (χ0) is 24.6. The first kappa shape index (κ1) is 27.3. The molecule has 0 bridgehead atoms. The number of aliphatic carboxylic acids is 1. The van der Waals surface area contributed by atoms with E-state index in [0.29, 0.717) is 15.6 Å². The predicted molar refractivity (Wildman–Crippen MR) is 123 cm³/mol. The summed E-state index contributed by atoms with van der Waals surface area (Å²) in [6.07, 6.45) is 0. The Morgan fingerprint density at radius 2 is 2.14 bits per heavy atom. The van der Waals surface area contributed by atoms with Gasteiger partial charge in [0.05, 0.1) is 11.7 Å². The monoisotopic (exact) mass is 545 g/mol. The van der Waals surface area contributed by atoms with Crippen molar-refractivity contribution in [2.75, 3.05) is 18.6 Å². The van der Waals surface area contributed by atoms with Gasteiger partial charge in [-0.3, -0.25) is 14.5 Å². The van der Waals surface area contributed by atoms with Crippen molar-refractivity contribution in [1.29, 1.82) is 0 Å². The van der Waals surface area contributed by atoms with Gasteiger partial charge in [0.2, 0.25) is 0 Å². The standard InChI is InChI=1S/C19H17N5O7S3.Na/c1-7-3-8(4-11(25)31-7)34-10-6-32-17-13(16(27)24(17)14(10)18(28)29)22-15(26)12(23-30-2)9-5-33-19(20)21-9;/h3-5,13,17H,6H2,1-2H3,(H2,20,21)(H,22,26)(H,28,29);/q;+1/p-1/b23-12-;/t13-,17+;/m1./s1. The van der Waals surface area contributed by atoms with Crippen LogP contribution >= 0.6 is 34.9 Å². The summed E-state index contributed by atoms with van der Waals surface area (Å²) in [5.41, 5.74) is 4.75. The number of hydrogen-bond acceptors (Lipinski definition) is 13. The Morgan fingerprint density at radius 3 is 2.74 bits per heavy atom. The Bertz CT molecular complexity index is 1310. The zero-order valence-corrected chi connectivity index (χ0v) is 23.0. The fraction of sp³-hybridized carbons (Fsp3) is 0.263. The number of carbonyl (C=O) groups excluding carboxylic acids is 3. The number of fused-ring (bicyclic) bond motifs is 1. The van der Waals surface area contributed by atoms with Gasteiger partial charge in [0, 0.05) is 27.0 Å². The van der Waals surface area contributed by atoms with Crippen molar-refractivity contribution in [1.82, 2.24) is 15.2 Å². The third-order valence-electron chi connectivity index (χ3n) is 4.68. The van der Waals surface area contributed by atoms with Gasteiger partial charge in [0.1, 0.15) is 30.0 Å². The zero-order valence-electron chi connectivity index (χ0n) is 18.6. The Kier molecular flexibility index (Phi) is 8.72. The molecule has 16 heteroatoms. The van der Waals surface area contributed by atoms with Crippen LogP contribution in [0.5, 0.6) is 0 Å². The molecule has 4 rings (SSSR count). The number of aryl methyl sites for hydroxylation is 1. The van der Waals surface area contributed by atoms with Crippen LogP contribution in [0.1, 0.15) is 11.5 Å². The Balaban J connectivity index is 0.00000342. The summed E-state index contributed by atoms with van der Waals surface area (Å²) in [4.78, 5) is 59.8. The van der Waals surface area contributed by atoms with E-state index < -0.39 is 34.8 Å². The van der Waals surface area contributed by atoms with E-state index in [1.807, 2.05) is 0 Å². The number of nitrogens with one attached hydrogen (secondary N) is 1. The van der Waals surface area contributed by atoms with Crippen LogP contribution in [0, 0.1) is 6.92 Å². The van der Waals surface area contributed by atoms with Crippen LogP contribution in [-0.4, -0.2) is 57.7 Å². The van der Waals surface area contributed by atoms with Gasteiger partial charge in [0.25, 0.3) is 11.8 Å². The van der Waals surface area contributed by atoms with Crippen molar-refractivity contribution in [3.63, 3.8) is 0 Å². The van der Waals surface area contributed by atoms with E-state index in [2.05, 4.69) is 15.5 Å². The molecular weight excluding hydrogens is 529 g/mol. The first-order valence-electron chi connectivity index (χ1n) is 9.51. The quantitative estimate of drug-likeness (QED) is 0.152. The summed E-state index contributed by atoms with van der Waals surface area (Å²) >= 11 is 3.41. The van der Waals surface area contributed by atoms with Crippen molar-refractivity contribution in [2.45, 2.75) is 23.2 Å². The van der Waals surface area contributed by atoms with Crippen LogP contribution in [-0.2, 0) is 19.2 Å². The fourth-order valence-electron chi connectivity index (χ4n) is 3.34. The number of carboxylic acid groups (broad SMARTS) is 1. The molecule has 2 atom stereocenters. The molecule has 0 aliphatic carbocycles. The molecule has 0 unspecified atom stereocenters. The van der Waals surface area contributed by atoms with Gasteiger partial charge >= 0.3 is 35.2 Å². The number of amides is 2. The third-order valence-corrected chi connectivity index (χ3v) is 7.88. The number of anilines is 1. The average Bonchev–Trinajstić information content (AvgIpc) is 3.20. The summed E-state index contributed by atoms with van der Waals surface area (Å²) in [6, 6.07) is 1.82. The molecule has 0 radical (unpaired) electrons. The molecule has 2 aromatic rings. The first-order chi connectivity index (χ1) is 16.2. The summed E-state index contributed by atoms with van der Waals surface area (Å²) in [5.74, 6) is -2.30. The van der Waals surface area contributed by atoms with Gasteiger partial charge in [-0.05, 0) is 13.0 Å². The number of oxime groups is 1. The topological polar surface area (TPSA) is 180 Å². The molecule has 35 heavy (non-hydrogen) atoms. The summed E-state index contributed by atoms with van der Waals surface area (Å²) in [5, 5.41) is 19.2. The molecule has 0 spiro atoms. The molecule has 0 saturated carbocycles. The van der Waals surface area contributed by atoms with Crippen LogP contribution in [0.25, 0.3) is 0 Å². The second-order valence-electron chi connectivity index (χ2n) is 6.94. The van der Waals surface area contributed by atoms with E-state index >= 15 is 0 Å². The molecule has 4 heterocycles. The number of nitrogen functional groups attached to an aromatic ring is 1. The molecule has 1 fully saturated rings. The van der Waals surface area contributed by atoms with E-state index in [1.54, 1.807) is 13.0 Å². The van der Waals surface area contributed by atoms with E-state index in [1.165, 1.54) is 30.3 Å². The molecule has 2 aliphatic heterocycles. The van der Waals surface area contributed by atoms with Gasteiger partial charge < -0.3 is 30.2 Å². The van der Waals surface area contributed by atoms with Gasteiger partial charge in [0.15, 0.2) is 10.8 Å². The van der Waals surface area contributed by atoms with E-state index in [-0.39, 0.29) is 57.5 Å². The molecule has 2 aliphatic rings. The maximum absolute atomic E-state index is 12.9. The number of aromatic nitrogens is 1. The summed E-state index contributed by atoms with van der Waals surface area (Å²) < 4.78 is 4.92. The molecule has 1 saturated heterocycles. The average molecular weight is 546 g/mol. The van der Waals surface area contributed by atoms with Gasteiger partial charge in [-0.25, -0.2) is 9.78 Å². The fourth-order valence-corrected chi connectivity index (χ4v) is 6.46. The Morgan fingerprint density at radius 1 is 1.40 bits per heavy atom. The number of thiazole rings is 1. The van der Waals surface area contributed by atoms with Crippen molar-refractivity contribution < 1.29 is 58.3 Å². The number of nitrogens with zero attached hydrogens (tertiary/aromatic N) is 3. The number of hydrogen-bond donors (Lipinski definition) is 2. The number of nitrogens with two attached hydrogens (primary N) is 1. The normalized spacial score (nSPS) is 19.4. The van der Waals surface area contributed by atoms with Crippen LogP contribution in [0.2, 0.25) is 0 Å². The third kappa shape index (κ3) is 5.59. The molecule has 0 aromatic carbocycles. The second-order valence-corrected chi connectivity index (χ2v) is 10.1. The summed E-state index contributed by atoms with van der Waals surface area (Å²) in [6.45, 7) is 1.60. The maximum Gasteiger partial charge on any atom is 1.00 e. The molecular formula is C19H16N5NaO7S3. The smallest absolute Gasteiger partial charge is 0.543 e. The number of β-lactam (4-membered cyclic amide) rings is 1. The van der Waals surface area contributed by atoms with Crippen molar-refractivity contribution >= 4 is 63.5 Å². The maximum atomic E-state index is 12.9. The van der Waals surface area contributed by atoms with Crippen LogP contribution in [0.3, 0.4) is 0 Å². The van der Waals surface area contributed by atoms with Gasteiger partial charge in [-0.2, -0.15) is 0 Å². The van der Waals surface area contributed by atoms with Crippen LogP contribution < -0.4 is 51.3 Å². The van der Waals surface area contributed by atoms with Gasteiger partial charge in [-0.15, -0.1) is 23.1 Å². The molecule has 2 amide bonds. The largest absolute Gasteiger partial charge is 1.00 e. The predicted octanol–water partition coefficient (Wildman–Crippen LogP) is -3.50. The van der Waals surface area contributed by atoms with Crippen LogP contribution in [0.15, 0.2) is 47.4 Å². The molecule has 3 N–H and O–H groups in total. The minimum absolute atomic E-state index is 0. The SMILES string of the molecule is CO/N=C(\C(=O)N[C@@H]1C(=O)N2C(C(=O)[O-])=C(Sc3cc(C)oc(=O)c3)CS[C@@H]12)c1csc(N)n1.[Na+]. The van der Waals surface area contributed by atoms with Crippen molar-refractivity contribution in [3.8, 4) is 0 Å². The second kappa shape index (κ2) is 11.2. The number of carboxylic acids is 1. The number of rotatable bonds is 7. The van der Waals surface area contributed by atoms with Crippen LogP contribution in [0.4, 0.5) is 5.13 Å². The van der Waals surface area contributed by atoms with Crippen molar-refractivity contribution in [2.24, 2.45) is 5.16 Å². The molecule has 2 aromatic heterocycles. The molecule has 178 valence electrons. The first-order valence-corrected chi connectivity index (χ1v) is 12.3. The molecule has 12 nitrogen and oxygen atoms in total. The number of thioether (sulfide) groups is 2. The minimum Gasteiger partial charge on any atom is -0.543 e. The van der Waals surface area contributed by atoms with E-state index in [4.69, 9.17) is 15.0 Å². The Labute approximate surface area is 232 Å². The van der Waals surface area contributed by atoms with E-state index in [0.717, 1.165) is 28.0 Å². The van der Waals surface area contributed by atoms with Gasteiger partial charge in [-0.1, -0.05) is 16.9 Å².